The first-order valence-electron chi connectivity index (χ1n) is 6.71. The fraction of sp³-hybridized carbons (Fsp3) is 0.846. The summed E-state index contributed by atoms with van der Waals surface area (Å²) in [7, 11) is 1.58. The van der Waals surface area contributed by atoms with Gasteiger partial charge in [-0.1, -0.05) is 0 Å². The fourth-order valence-corrected chi connectivity index (χ4v) is 3.21. The molecule has 0 aliphatic carbocycles. The zero-order valence-corrected chi connectivity index (χ0v) is 11.3. The van der Waals surface area contributed by atoms with Crippen molar-refractivity contribution in [3.8, 4) is 0 Å². The number of amides is 1. The number of carboxylic acids is 1. The van der Waals surface area contributed by atoms with Gasteiger partial charge in [0.1, 0.15) is 0 Å². The lowest BCUT2D eigenvalue weighted by atomic mass is 9.70. The summed E-state index contributed by atoms with van der Waals surface area (Å²) in [5, 5.41) is 9.65. The molecule has 6 heteroatoms. The standard InChI is InChI=1S/C13H21NO5/c1-18-9-6-14-10-3-7-19-8-5-13(10,12(16)17)4-2-11(14)15/h10H,2-9H2,1H3,(H,16,17)/t10-,13+/m1/s1. The van der Waals surface area contributed by atoms with E-state index in [0.717, 1.165) is 0 Å². The number of methoxy groups -OCH3 is 1. The number of carbonyl (C=O) groups excluding carboxylic acids is 1. The Morgan fingerprint density at radius 2 is 2.32 bits per heavy atom. The van der Waals surface area contributed by atoms with Crippen molar-refractivity contribution in [3.63, 3.8) is 0 Å². The summed E-state index contributed by atoms with van der Waals surface area (Å²) < 4.78 is 10.4. The van der Waals surface area contributed by atoms with Gasteiger partial charge in [0.15, 0.2) is 0 Å². The van der Waals surface area contributed by atoms with Crippen molar-refractivity contribution in [1.82, 2.24) is 4.90 Å². The Labute approximate surface area is 112 Å². The average Bonchev–Trinajstić information content (AvgIpc) is 2.61. The minimum absolute atomic E-state index is 0.0285. The molecule has 0 aromatic rings. The molecule has 6 nitrogen and oxygen atoms in total. The third-order valence-electron chi connectivity index (χ3n) is 4.31. The Morgan fingerprint density at radius 3 is 3.00 bits per heavy atom. The van der Waals surface area contributed by atoms with Crippen LogP contribution in [-0.4, -0.2) is 61.4 Å². The van der Waals surface area contributed by atoms with Crippen molar-refractivity contribution < 1.29 is 24.2 Å². The zero-order chi connectivity index (χ0) is 13.9. The van der Waals surface area contributed by atoms with Gasteiger partial charge >= 0.3 is 5.97 Å². The molecule has 0 aromatic heterocycles. The number of aliphatic carboxylic acids is 1. The number of piperidine rings is 1. The molecular weight excluding hydrogens is 250 g/mol. The van der Waals surface area contributed by atoms with Crippen LogP contribution < -0.4 is 0 Å². The molecule has 1 N–H and O–H groups in total. The number of hydrogen-bond donors (Lipinski definition) is 1. The first-order valence-corrected chi connectivity index (χ1v) is 6.71. The molecule has 2 atom stereocenters. The highest BCUT2D eigenvalue weighted by molar-refractivity contribution is 5.83. The molecule has 0 bridgehead atoms. The van der Waals surface area contributed by atoms with E-state index in [-0.39, 0.29) is 11.9 Å². The summed E-state index contributed by atoms with van der Waals surface area (Å²) in [4.78, 5) is 25.5. The van der Waals surface area contributed by atoms with E-state index in [1.54, 1.807) is 12.0 Å². The fourth-order valence-electron chi connectivity index (χ4n) is 3.21. The second kappa shape index (κ2) is 5.88. The van der Waals surface area contributed by atoms with Crippen LogP contribution in [0.2, 0.25) is 0 Å². The summed E-state index contributed by atoms with van der Waals surface area (Å²) in [6.07, 6.45) is 1.77. The third-order valence-corrected chi connectivity index (χ3v) is 4.31. The number of fused-ring (bicyclic) bond motifs is 1. The van der Waals surface area contributed by atoms with Crippen LogP contribution in [0, 0.1) is 5.41 Å². The molecule has 0 spiro atoms. The zero-order valence-electron chi connectivity index (χ0n) is 11.3. The molecule has 2 aliphatic heterocycles. The lowest BCUT2D eigenvalue weighted by Gasteiger charge is -2.46. The molecule has 2 saturated heterocycles. The number of rotatable bonds is 4. The monoisotopic (exact) mass is 271 g/mol. The normalized spacial score (nSPS) is 31.7. The van der Waals surface area contributed by atoms with Gasteiger partial charge in [0, 0.05) is 33.3 Å². The van der Waals surface area contributed by atoms with Gasteiger partial charge in [-0.15, -0.1) is 0 Å². The summed E-state index contributed by atoms with van der Waals surface area (Å²) >= 11 is 0. The number of nitrogens with zero attached hydrogens (tertiary/aromatic N) is 1. The largest absolute Gasteiger partial charge is 0.481 e. The smallest absolute Gasteiger partial charge is 0.311 e. The minimum atomic E-state index is -0.849. The van der Waals surface area contributed by atoms with Crippen LogP contribution in [0.15, 0.2) is 0 Å². The van der Waals surface area contributed by atoms with Crippen LogP contribution in [0.4, 0.5) is 0 Å². The second-order valence-corrected chi connectivity index (χ2v) is 5.21. The van der Waals surface area contributed by atoms with Gasteiger partial charge in [-0.3, -0.25) is 9.59 Å². The van der Waals surface area contributed by atoms with Crippen LogP contribution in [0.5, 0.6) is 0 Å². The van der Waals surface area contributed by atoms with Crippen LogP contribution in [0.25, 0.3) is 0 Å². The molecule has 0 radical (unpaired) electrons. The SMILES string of the molecule is COCCN1C(=O)CC[C@]2(C(=O)O)CCOCC[C@@H]12. The lowest BCUT2D eigenvalue weighted by molar-refractivity contribution is -0.164. The molecule has 0 saturated carbocycles. The van der Waals surface area contributed by atoms with Crippen molar-refractivity contribution in [2.75, 3.05) is 33.5 Å². The number of likely N-dealkylation sites (tertiary alicyclic amines) is 1. The van der Waals surface area contributed by atoms with Gasteiger partial charge in [0.25, 0.3) is 0 Å². The highest BCUT2D eigenvalue weighted by atomic mass is 16.5. The van der Waals surface area contributed by atoms with Crippen LogP contribution >= 0.6 is 0 Å². The second-order valence-electron chi connectivity index (χ2n) is 5.21. The summed E-state index contributed by atoms with van der Waals surface area (Å²) in [5.74, 6) is -0.779. The Bertz CT molecular complexity index is 359. The van der Waals surface area contributed by atoms with E-state index in [4.69, 9.17) is 9.47 Å². The Balaban J connectivity index is 2.27. The summed E-state index contributed by atoms with van der Waals surface area (Å²) in [6.45, 7) is 1.85. The Hall–Kier alpha value is -1.14. The van der Waals surface area contributed by atoms with Crippen LogP contribution in [-0.2, 0) is 19.1 Å². The molecule has 2 heterocycles. The van der Waals surface area contributed by atoms with Crippen molar-refractivity contribution in [1.29, 1.82) is 0 Å². The maximum atomic E-state index is 12.1. The predicted molar refractivity (Wildman–Crippen MR) is 66.7 cm³/mol. The average molecular weight is 271 g/mol. The molecular formula is C13H21NO5. The highest BCUT2D eigenvalue weighted by Crippen LogP contribution is 2.42. The van der Waals surface area contributed by atoms with Gasteiger partial charge in [-0.05, 0) is 19.3 Å². The maximum Gasteiger partial charge on any atom is 0.311 e. The van der Waals surface area contributed by atoms with Gasteiger partial charge in [0.2, 0.25) is 5.91 Å². The van der Waals surface area contributed by atoms with Crippen LogP contribution in [0.1, 0.15) is 25.7 Å². The van der Waals surface area contributed by atoms with Crippen molar-refractivity contribution >= 4 is 11.9 Å². The van der Waals surface area contributed by atoms with Gasteiger partial charge in [-0.25, -0.2) is 0 Å². The van der Waals surface area contributed by atoms with E-state index < -0.39 is 11.4 Å². The molecule has 2 fully saturated rings. The molecule has 2 aliphatic rings. The van der Waals surface area contributed by atoms with E-state index in [9.17, 15) is 14.7 Å². The third kappa shape index (κ3) is 2.60. The minimum Gasteiger partial charge on any atom is -0.481 e. The molecule has 108 valence electrons. The van der Waals surface area contributed by atoms with Crippen molar-refractivity contribution in [2.45, 2.75) is 31.7 Å². The quantitative estimate of drug-likeness (QED) is 0.806. The molecule has 2 rings (SSSR count). The van der Waals surface area contributed by atoms with E-state index in [1.165, 1.54) is 0 Å². The van der Waals surface area contributed by atoms with E-state index in [2.05, 4.69) is 0 Å². The van der Waals surface area contributed by atoms with E-state index in [0.29, 0.717) is 52.0 Å². The first kappa shape index (κ1) is 14.3. The summed E-state index contributed by atoms with van der Waals surface area (Å²) in [5.41, 5.74) is -0.849. The van der Waals surface area contributed by atoms with Gasteiger partial charge in [-0.2, -0.15) is 0 Å². The van der Waals surface area contributed by atoms with Crippen molar-refractivity contribution in [3.05, 3.63) is 0 Å². The number of hydrogen-bond acceptors (Lipinski definition) is 4. The molecule has 0 aromatic carbocycles. The van der Waals surface area contributed by atoms with Crippen molar-refractivity contribution in [2.24, 2.45) is 5.41 Å². The predicted octanol–water partition coefficient (Wildman–Crippen LogP) is 0.505. The molecule has 1 amide bonds. The van der Waals surface area contributed by atoms with E-state index in [1.807, 2.05) is 0 Å². The number of ether oxygens (including phenoxy) is 2. The summed E-state index contributed by atoms with van der Waals surface area (Å²) in [6, 6.07) is -0.274. The molecule has 19 heavy (non-hydrogen) atoms. The molecule has 0 unspecified atom stereocenters. The van der Waals surface area contributed by atoms with Gasteiger partial charge in [0.05, 0.1) is 18.1 Å². The van der Waals surface area contributed by atoms with Gasteiger partial charge < -0.3 is 19.5 Å². The lowest BCUT2D eigenvalue weighted by Crippen LogP contribution is -2.58. The maximum absolute atomic E-state index is 12.1. The van der Waals surface area contributed by atoms with Crippen LogP contribution in [0.3, 0.4) is 0 Å². The first-order chi connectivity index (χ1) is 9.12. The number of carboxylic acid groups (broad SMARTS) is 1. The Morgan fingerprint density at radius 1 is 1.53 bits per heavy atom. The Kier molecular flexibility index (Phi) is 4.42. The topological polar surface area (TPSA) is 76.1 Å². The highest BCUT2D eigenvalue weighted by Gasteiger charge is 2.52. The van der Waals surface area contributed by atoms with E-state index >= 15 is 0 Å². The number of carbonyl (C=O) groups is 2.